The number of halogens is 2. The van der Waals surface area contributed by atoms with Gasteiger partial charge in [0.1, 0.15) is 12.3 Å². The third-order valence-electron chi connectivity index (χ3n) is 5.61. The van der Waals surface area contributed by atoms with Crippen LogP contribution in [0.3, 0.4) is 0 Å². The van der Waals surface area contributed by atoms with Gasteiger partial charge in [-0.05, 0) is 60.2 Å². The molecule has 0 saturated heterocycles. The number of carbonyl (C=O) groups excluding carboxylic acids is 1. The molecule has 0 spiro atoms. The van der Waals surface area contributed by atoms with E-state index in [9.17, 15) is 13.2 Å². The number of methoxy groups -OCH3 is 3. The smallest absolute Gasteiger partial charge is 0.265 e. The maximum Gasteiger partial charge on any atom is 0.265 e. The summed E-state index contributed by atoms with van der Waals surface area (Å²) in [6, 6.07) is 16.5. The average molecular weight is 614 g/mol. The van der Waals surface area contributed by atoms with E-state index in [0.29, 0.717) is 23.7 Å². The number of amides is 1. The van der Waals surface area contributed by atoms with Gasteiger partial charge in [-0.2, -0.15) is 11.8 Å². The van der Waals surface area contributed by atoms with E-state index in [0.717, 1.165) is 15.8 Å². The number of anilines is 1. The molecule has 0 aliphatic carbocycles. The van der Waals surface area contributed by atoms with E-state index in [-0.39, 0.29) is 27.1 Å². The third-order valence-corrected chi connectivity index (χ3v) is 8.97. The van der Waals surface area contributed by atoms with Crippen molar-refractivity contribution in [1.82, 2.24) is 5.32 Å². The van der Waals surface area contributed by atoms with Gasteiger partial charge in [0.15, 0.2) is 11.5 Å². The molecule has 0 atom stereocenters. The number of hydrogen-bond donors (Lipinski definition) is 1. The Morgan fingerprint density at radius 3 is 2.18 bits per heavy atom. The highest BCUT2D eigenvalue weighted by atomic mass is 35.5. The third kappa shape index (κ3) is 8.35. The van der Waals surface area contributed by atoms with Gasteiger partial charge in [0.25, 0.3) is 10.0 Å². The van der Waals surface area contributed by atoms with Crippen LogP contribution >= 0.6 is 35.0 Å². The Bertz CT molecular complexity index is 1370. The van der Waals surface area contributed by atoms with Crippen LogP contribution in [0, 0.1) is 0 Å². The lowest BCUT2D eigenvalue weighted by atomic mass is 10.2. The topological polar surface area (TPSA) is 94.2 Å². The van der Waals surface area contributed by atoms with Gasteiger partial charge in [-0.1, -0.05) is 35.3 Å². The van der Waals surface area contributed by atoms with Gasteiger partial charge in [-0.25, -0.2) is 8.42 Å². The van der Waals surface area contributed by atoms with Crippen LogP contribution in [-0.4, -0.2) is 54.5 Å². The molecule has 3 aromatic carbocycles. The Labute approximate surface area is 243 Å². The monoisotopic (exact) mass is 612 g/mol. The van der Waals surface area contributed by atoms with Crippen molar-refractivity contribution in [3.8, 4) is 17.2 Å². The lowest BCUT2D eigenvalue weighted by Crippen LogP contribution is -2.41. The summed E-state index contributed by atoms with van der Waals surface area (Å²) in [6.45, 7) is -0.0886. The lowest BCUT2D eigenvalue weighted by molar-refractivity contribution is -0.119. The number of nitrogens with zero attached hydrogens (tertiary/aromatic N) is 1. The van der Waals surface area contributed by atoms with Gasteiger partial charge < -0.3 is 19.5 Å². The van der Waals surface area contributed by atoms with E-state index in [1.807, 2.05) is 24.3 Å². The minimum absolute atomic E-state index is 0.0893. The summed E-state index contributed by atoms with van der Waals surface area (Å²) in [5.74, 6) is 2.03. The van der Waals surface area contributed by atoms with Crippen molar-refractivity contribution in [2.45, 2.75) is 17.1 Å². The molecule has 0 aliphatic rings. The fourth-order valence-electron chi connectivity index (χ4n) is 3.62. The highest BCUT2D eigenvalue weighted by Crippen LogP contribution is 2.37. The quantitative estimate of drug-likeness (QED) is 0.235. The molecule has 0 unspecified atom stereocenters. The van der Waals surface area contributed by atoms with Crippen molar-refractivity contribution < 1.29 is 27.4 Å². The number of ether oxygens (including phenoxy) is 3. The summed E-state index contributed by atoms with van der Waals surface area (Å²) in [7, 11) is 0.0321. The van der Waals surface area contributed by atoms with Gasteiger partial charge in [-0.15, -0.1) is 0 Å². The molecule has 0 heterocycles. The molecule has 0 radical (unpaired) electrons. The standard InChI is InChI=1S/C27H30Cl2N2O6S2/c1-35-24-11-9-21(29)15-23(24)31(39(33,34)22-10-12-25(36-2)26(16-22)37-3)17-27(32)30-13-4-14-38-18-19-5-7-20(28)8-6-19/h5-12,15-16H,4,13-14,17-18H2,1-3H3,(H,30,32). The molecule has 0 bridgehead atoms. The van der Waals surface area contributed by atoms with Crippen LogP contribution in [0.15, 0.2) is 65.6 Å². The maximum atomic E-state index is 13.8. The molecule has 1 N–H and O–H groups in total. The SMILES string of the molecule is COc1ccc(S(=O)(=O)N(CC(=O)NCCCSCc2ccc(Cl)cc2)c2cc(Cl)ccc2OC)cc1OC. The van der Waals surface area contributed by atoms with Crippen molar-refractivity contribution >= 4 is 56.6 Å². The Balaban J connectivity index is 1.73. The van der Waals surface area contributed by atoms with Crippen LogP contribution in [0.25, 0.3) is 0 Å². The molecule has 0 fully saturated rings. The first-order valence-electron chi connectivity index (χ1n) is 11.9. The molecule has 0 aromatic heterocycles. The summed E-state index contributed by atoms with van der Waals surface area (Å²) in [5.41, 5.74) is 1.30. The predicted molar refractivity (Wildman–Crippen MR) is 157 cm³/mol. The minimum atomic E-state index is -4.24. The highest BCUT2D eigenvalue weighted by Gasteiger charge is 2.30. The zero-order valence-electron chi connectivity index (χ0n) is 21.8. The van der Waals surface area contributed by atoms with Crippen molar-refractivity contribution in [1.29, 1.82) is 0 Å². The molecule has 3 aromatic rings. The predicted octanol–water partition coefficient (Wildman–Crippen LogP) is 5.65. The lowest BCUT2D eigenvalue weighted by Gasteiger charge is -2.26. The number of carbonyl (C=O) groups is 1. The van der Waals surface area contributed by atoms with Crippen molar-refractivity contribution in [2.75, 3.05) is 44.5 Å². The van der Waals surface area contributed by atoms with Crippen LogP contribution in [0.5, 0.6) is 17.2 Å². The number of thioether (sulfide) groups is 1. The van der Waals surface area contributed by atoms with Crippen molar-refractivity contribution in [3.05, 3.63) is 76.3 Å². The molecule has 39 heavy (non-hydrogen) atoms. The zero-order chi connectivity index (χ0) is 28.4. The average Bonchev–Trinajstić information content (AvgIpc) is 2.94. The van der Waals surface area contributed by atoms with Crippen molar-refractivity contribution in [2.24, 2.45) is 0 Å². The highest BCUT2D eigenvalue weighted by molar-refractivity contribution is 7.98. The summed E-state index contributed by atoms with van der Waals surface area (Å²) < 4.78 is 44.5. The number of sulfonamides is 1. The van der Waals surface area contributed by atoms with Gasteiger partial charge in [0, 0.05) is 28.4 Å². The Morgan fingerprint density at radius 1 is 0.872 bits per heavy atom. The number of benzene rings is 3. The number of rotatable bonds is 14. The molecule has 12 heteroatoms. The molecule has 0 saturated carbocycles. The van der Waals surface area contributed by atoms with Gasteiger partial charge in [-0.3, -0.25) is 9.10 Å². The van der Waals surface area contributed by atoms with Crippen LogP contribution in [-0.2, 0) is 20.6 Å². The summed E-state index contributed by atoms with van der Waals surface area (Å²) in [6.07, 6.45) is 0.715. The molecule has 210 valence electrons. The van der Waals surface area contributed by atoms with Gasteiger partial charge in [0.2, 0.25) is 5.91 Å². The first-order valence-corrected chi connectivity index (χ1v) is 15.2. The summed E-state index contributed by atoms with van der Waals surface area (Å²) >= 11 is 13.9. The normalized spacial score (nSPS) is 11.1. The first-order chi connectivity index (χ1) is 18.7. The van der Waals surface area contributed by atoms with Crippen LogP contribution < -0.4 is 23.8 Å². The van der Waals surface area contributed by atoms with E-state index >= 15 is 0 Å². The van der Waals surface area contributed by atoms with E-state index in [4.69, 9.17) is 37.4 Å². The zero-order valence-corrected chi connectivity index (χ0v) is 24.9. The van der Waals surface area contributed by atoms with Gasteiger partial charge >= 0.3 is 0 Å². The Hall–Kier alpha value is -2.79. The van der Waals surface area contributed by atoms with Crippen molar-refractivity contribution in [3.63, 3.8) is 0 Å². The van der Waals surface area contributed by atoms with Crippen LogP contribution in [0.1, 0.15) is 12.0 Å². The number of nitrogens with one attached hydrogen (secondary N) is 1. The second kappa shape index (κ2) is 14.6. The minimum Gasteiger partial charge on any atom is -0.495 e. The Kier molecular flexibility index (Phi) is 11.5. The molecular formula is C27H30Cl2N2O6S2. The second-order valence-electron chi connectivity index (χ2n) is 8.23. The summed E-state index contributed by atoms with van der Waals surface area (Å²) in [5, 5.41) is 3.80. The van der Waals surface area contributed by atoms with Crippen LogP contribution in [0.2, 0.25) is 10.0 Å². The summed E-state index contributed by atoms with van der Waals surface area (Å²) in [4.78, 5) is 12.9. The molecule has 1 amide bonds. The number of hydrogen-bond acceptors (Lipinski definition) is 7. The molecule has 0 aliphatic heterocycles. The second-order valence-corrected chi connectivity index (χ2v) is 12.1. The van der Waals surface area contributed by atoms with Crippen LogP contribution in [0.4, 0.5) is 5.69 Å². The molecule has 8 nitrogen and oxygen atoms in total. The fraction of sp³-hybridized carbons (Fsp3) is 0.296. The van der Waals surface area contributed by atoms with E-state index < -0.39 is 22.5 Å². The van der Waals surface area contributed by atoms with E-state index in [2.05, 4.69) is 5.32 Å². The largest absolute Gasteiger partial charge is 0.495 e. The van der Waals surface area contributed by atoms with E-state index in [1.165, 1.54) is 51.2 Å². The van der Waals surface area contributed by atoms with Gasteiger partial charge in [0.05, 0.1) is 31.9 Å². The Morgan fingerprint density at radius 2 is 1.51 bits per heavy atom. The molecule has 3 rings (SSSR count). The van der Waals surface area contributed by atoms with E-state index in [1.54, 1.807) is 23.9 Å². The maximum absolute atomic E-state index is 13.8. The molecular weight excluding hydrogens is 583 g/mol. The fourth-order valence-corrected chi connectivity index (χ4v) is 6.27. The first kappa shape index (κ1) is 30.7.